The molecule has 0 amide bonds. The highest BCUT2D eigenvalue weighted by molar-refractivity contribution is 14.1. The molecule has 0 unspecified atom stereocenters. The maximum atomic E-state index is 12.8. The Hall–Kier alpha value is -0.0300. The van der Waals surface area contributed by atoms with Crippen LogP contribution in [-0.2, 0) is 0 Å². The third-order valence-corrected chi connectivity index (χ3v) is 2.34. The number of benzene rings is 1. The molecule has 0 atom stereocenters. The predicted molar refractivity (Wildman–Crippen MR) is 55.5 cm³/mol. The van der Waals surface area contributed by atoms with E-state index in [1.807, 2.05) is 29.5 Å². The lowest BCUT2D eigenvalue weighted by Crippen LogP contribution is -1.93. The van der Waals surface area contributed by atoms with E-state index in [1.165, 1.54) is 6.07 Å². The highest BCUT2D eigenvalue weighted by atomic mass is 127. The maximum Gasteiger partial charge on any atom is 0.138 e. The molecule has 0 aliphatic heterocycles. The van der Waals surface area contributed by atoms with E-state index in [2.05, 4.69) is 0 Å². The van der Waals surface area contributed by atoms with Gasteiger partial charge in [-0.05, 0) is 47.2 Å². The summed E-state index contributed by atoms with van der Waals surface area (Å²) in [4.78, 5) is 0. The van der Waals surface area contributed by atoms with Crippen LogP contribution in [0.3, 0.4) is 0 Å². The average molecular weight is 288 g/mol. The van der Waals surface area contributed by atoms with Gasteiger partial charge >= 0.3 is 0 Å². The molecule has 0 saturated heterocycles. The number of halogens is 3. The summed E-state index contributed by atoms with van der Waals surface area (Å²) in [7, 11) is 0. The van der Waals surface area contributed by atoms with Gasteiger partial charge in [0.05, 0.1) is 3.57 Å². The summed E-state index contributed by atoms with van der Waals surface area (Å²) in [5, 5.41) is 0. The van der Waals surface area contributed by atoms with Crippen molar-refractivity contribution in [2.24, 2.45) is 0 Å². The van der Waals surface area contributed by atoms with Crippen molar-refractivity contribution < 1.29 is 4.39 Å². The van der Waals surface area contributed by atoms with E-state index in [0.29, 0.717) is 9.26 Å². The van der Waals surface area contributed by atoms with Gasteiger partial charge in [0.2, 0.25) is 0 Å². The summed E-state index contributed by atoms with van der Waals surface area (Å²) in [6, 6.07) is 3.23. The van der Waals surface area contributed by atoms with Crippen LogP contribution in [0, 0.1) is 16.3 Å². The monoisotopic (exact) mass is 287 g/mol. The zero-order valence-corrected chi connectivity index (χ0v) is 8.87. The minimum Gasteiger partial charge on any atom is -0.398 e. The van der Waals surface area contributed by atoms with Crippen molar-refractivity contribution in [3.05, 3.63) is 27.1 Å². The Labute approximate surface area is 84.7 Å². The SMILES string of the molecule is Cc1cc(N)c(I)c(F)c1.Cl. The fourth-order valence-corrected chi connectivity index (χ4v) is 1.06. The van der Waals surface area contributed by atoms with Crippen molar-refractivity contribution in [3.8, 4) is 0 Å². The molecule has 11 heavy (non-hydrogen) atoms. The van der Waals surface area contributed by atoms with Gasteiger partial charge in [0.1, 0.15) is 5.82 Å². The van der Waals surface area contributed by atoms with Crippen LogP contribution in [0.25, 0.3) is 0 Å². The molecule has 0 radical (unpaired) electrons. The van der Waals surface area contributed by atoms with E-state index in [-0.39, 0.29) is 18.2 Å². The molecule has 0 spiro atoms. The molecule has 1 nitrogen and oxygen atoms in total. The lowest BCUT2D eigenvalue weighted by atomic mass is 10.2. The number of rotatable bonds is 0. The van der Waals surface area contributed by atoms with Crippen LogP contribution < -0.4 is 5.73 Å². The van der Waals surface area contributed by atoms with E-state index >= 15 is 0 Å². The first kappa shape index (κ1) is 11.0. The van der Waals surface area contributed by atoms with Crippen molar-refractivity contribution in [3.63, 3.8) is 0 Å². The number of hydrogen-bond acceptors (Lipinski definition) is 1. The topological polar surface area (TPSA) is 26.0 Å². The molecule has 0 bridgehead atoms. The Balaban J connectivity index is 0.000001000. The zero-order valence-electron chi connectivity index (χ0n) is 5.90. The molecular formula is C7H8ClFIN. The standard InChI is InChI=1S/C7H7FIN.ClH/c1-4-2-5(8)7(9)6(10)3-4;/h2-3H,10H2,1H3;1H. The minimum atomic E-state index is -0.238. The second-order valence-electron chi connectivity index (χ2n) is 2.15. The number of aryl methyl sites for hydroxylation is 1. The van der Waals surface area contributed by atoms with Crippen LogP contribution in [0.2, 0.25) is 0 Å². The zero-order chi connectivity index (χ0) is 7.72. The van der Waals surface area contributed by atoms with E-state index in [9.17, 15) is 4.39 Å². The van der Waals surface area contributed by atoms with Crippen molar-refractivity contribution >= 4 is 40.7 Å². The second-order valence-corrected chi connectivity index (χ2v) is 3.23. The van der Waals surface area contributed by atoms with Crippen molar-refractivity contribution in [1.29, 1.82) is 0 Å². The summed E-state index contributed by atoms with van der Waals surface area (Å²) in [6.07, 6.45) is 0. The molecular weight excluding hydrogens is 279 g/mol. The van der Waals surface area contributed by atoms with Crippen LogP contribution in [0.4, 0.5) is 10.1 Å². The Morgan fingerprint density at radius 1 is 1.45 bits per heavy atom. The lowest BCUT2D eigenvalue weighted by Gasteiger charge is -2.00. The number of hydrogen-bond donors (Lipinski definition) is 1. The number of anilines is 1. The summed E-state index contributed by atoms with van der Waals surface area (Å²) >= 11 is 1.89. The molecule has 0 aliphatic carbocycles. The van der Waals surface area contributed by atoms with Gasteiger partial charge in [-0.15, -0.1) is 12.4 Å². The molecule has 1 aromatic carbocycles. The van der Waals surface area contributed by atoms with E-state index in [4.69, 9.17) is 5.73 Å². The van der Waals surface area contributed by atoms with Gasteiger partial charge in [0.15, 0.2) is 0 Å². The minimum absolute atomic E-state index is 0. The van der Waals surface area contributed by atoms with Gasteiger partial charge in [-0.2, -0.15) is 0 Å². The first-order valence-electron chi connectivity index (χ1n) is 2.82. The Kier molecular flexibility index (Phi) is 4.10. The summed E-state index contributed by atoms with van der Waals surface area (Å²) in [5.74, 6) is -0.238. The highest BCUT2D eigenvalue weighted by Crippen LogP contribution is 2.19. The molecule has 0 aromatic heterocycles. The lowest BCUT2D eigenvalue weighted by molar-refractivity contribution is 0.620. The molecule has 1 rings (SSSR count). The number of nitrogen functional groups attached to an aromatic ring is 1. The molecule has 62 valence electrons. The largest absolute Gasteiger partial charge is 0.398 e. The van der Waals surface area contributed by atoms with Gasteiger partial charge in [-0.25, -0.2) is 4.39 Å². The maximum absolute atomic E-state index is 12.8. The Morgan fingerprint density at radius 3 is 2.45 bits per heavy atom. The normalized spacial score (nSPS) is 9.00. The fraction of sp³-hybridized carbons (Fsp3) is 0.143. The predicted octanol–water partition coefficient (Wildman–Crippen LogP) is 2.74. The highest BCUT2D eigenvalue weighted by Gasteiger charge is 2.02. The molecule has 0 heterocycles. The summed E-state index contributed by atoms with van der Waals surface area (Å²) < 4.78 is 13.3. The van der Waals surface area contributed by atoms with E-state index < -0.39 is 0 Å². The van der Waals surface area contributed by atoms with Crippen LogP contribution in [0.5, 0.6) is 0 Å². The molecule has 2 N–H and O–H groups in total. The molecule has 0 aliphatic rings. The van der Waals surface area contributed by atoms with Crippen molar-refractivity contribution in [1.82, 2.24) is 0 Å². The molecule has 0 fully saturated rings. The first-order valence-corrected chi connectivity index (χ1v) is 3.90. The van der Waals surface area contributed by atoms with E-state index in [1.54, 1.807) is 6.07 Å². The smallest absolute Gasteiger partial charge is 0.138 e. The molecule has 1 aromatic rings. The van der Waals surface area contributed by atoms with Gasteiger partial charge in [-0.1, -0.05) is 0 Å². The molecule has 4 heteroatoms. The van der Waals surface area contributed by atoms with Gasteiger partial charge < -0.3 is 5.73 Å². The summed E-state index contributed by atoms with van der Waals surface area (Å²) in [5.41, 5.74) is 6.84. The van der Waals surface area contributed by atoms with Crippen molar-refractivity contribution in [2.45, 2.75) is 6.92 Å². The summed E-state index contributed by atoms with van der Waals surface area (Å²) in [6.45, 7) is 1.82. The third-order valence-electron chi connectivity index (χ3n) is 1.20. The van der Waals surface area contributed by atoms with Gasteiger partial charge in [-0.3, -0.25) is 0 Å². The van der Waals surface area contributed by atoms with E-state index in [0.717, 1.165) is 5.56 Å². The fourth-order valence-electron chi connectivity index (χ4n) is 0.751. The Morgan fingerprint density at radius 2 is 2.00 bits per heavy atom. The van der Waals surface area contributed by atoms with Crippen LogP contribution in [0.15, 0.2) is 12.1 Å². The average Bonchev–Trinajstić information content (AvgIpc) is 1.82. The van der Waals surface area contributed by atoms with Crippen molar-refractivity contribution in [2.75, 3.05) is 5.73 Å². The van der Waals surface area contributed by atoms with Crippen LogP contribution in [0.1, 0.15) is 5.56 Å². The second kappa shape index (κ2) is 4.11. The van der Waals surface area contributed by atoms with Gasteiger partial charge in [0, 0.05) is 5.69 Å². The third kappa shape index (κ3) is 2.48. The first-order chi connectivity index (χ1) is 4.61. The van der Waals surface area contributed by atoms with Crippen LogP contribution in [-0.4, -0.2) is 0 Å². The quantitative estimate of drug-likeness (QED) is 0.576. The van der Waals surface area contributed by atoms with Gasteiger partial charge in [0.25, 0.3) is 0 Å². The number of nitrogens with two attached hydrogens (primary N) is 1. The molecule has 0 saturated carbocycles. The van der Waals surface area contributed by atoms with Crippen LogP contribution >= 0.6 is 35.0 Å². The Bertz CT molecular complexity index is 242.